The number of nitrogens with zero attached hydrogens (tertiary/aromatic N) is 1. The van der Waals surface area contributed by atoms with Crippen LogP contribution < -0.4 is 0 Å². The molecule has 3 atom stereocenters. The second-order valence-electron chi connectivity index (χ2n) is 10.4. The van der Waals surface area contributed by atoms with Crippen molar-refractivity contribution in [3.8, 4) is 0 Å². The molecule has 0 heterocycles. The molecule has 1 heteroatoms. The second kappa shape index (κ2) is 6.12. The Morgan fingerprint density at radius 1 is 0.880 bits per heavy atom. The lowest BCUT2D eigenvalue weighted by molar-refractivity contribution is -0.0909. The number of hydrogen-bond acceptors (Lipinski definition) is 1. The number of benzene rings is 1. The van der Waals surface area contributed by atoms with Gasteiger partial charge in [-0.25, -0.2) is 0 Å². The van der Waals surface area contributed by atoms with Crippen LogP contribution in [0.4, 0.5) is 0 Å². The zero-order valence-corrected chi connectivity index (χ0v) is 16.2. The van der Waals surface area contributed by atoms with Crippen LogP contribution in [0.25, 0.3) is 0 Å². The molecule has 0 aromatic heterocycles. The summed E-state index contributed by atoms with van der Waals surface area (Å²) in [5.74, 6) is 5.85. The summed E-state index contributed by atoms with van der Waals surface area (Å²) in [6.07, 6.45) is 12.4. The van der Waals surface area contributed by atoms with Crippen molar-refractivity contribution in [3.05, 3.63) is 35.9 Å². The Labute approximate surface area is 154 Å². The van der Waals surface area contributed by atoms with Gasteiger partial charge in [0.05, 0.1) is 0 Å². The Balaban J connectivity index is 1.49. The van der Waals surface area contributed by atoms with Crippen LogP contribution in [0.5, 0.6) is 0 Å². The van der Waals surface area contributed by atoms with E-state index in [4.69, 9.17) is 0 Å². The first-order valence-electron chi connectivity index (χ1n) is 10.8. The van der Waals surface area contributed by atoms with Crippen LogP contribution in [0.3, 0.4) is 0 Å². The van der Waals surface area contributed by atoms with Gasteiger partial charge in [-0.05, 0) is 112 Å². The van der Waals surface area contributed by atoms with Crippen molar-refractivity contribution in [1.82, 2.24) is 4.90 Å². The normalized spacial score (nSPS) is 45.4. The van der Waals surface area contributed by atoms with Gasteiger partial charge in [-0.3, -0.25) is 0 Å². The molecule has 1 nitrogen and oxygen atoms in total. The highest BCUT2D eigenvalue weighted by molar-refractivity contribution is 5.25. The van der Waals surface area contributed by atoms with Gasteiger partial charge >= 0.3 is 0 Å². The van der Waals surface area contributed by atoms with E-state index in [1.807, 2.05) is 0 Å². The van der Waals surface area contributed by atoms with Crippen molar-refractivity contribution in [2.45, 2.75) is 57.3 Å². The predicted molar refractivity (Wildman–Crippen MR) is 105 cm³/mol. The van der Waals surface area contributed by atoms with Crippen molar-refractivity contribution in [2.24, 2.45) is 35.0 Å². The minimum Gasteiger partial charge on any atom is -0.309 e. The number of rotatable bonds is 4. The van der Waals surface area contributed by atoms with E-state index in [2.05, 4.69) is 49.3 Å². The molecule has 0 spiro atoms. The topological polar surface area (TPSA) is 3.24 Å². The van der Waals surface area contributed by atoms with Gasteiger partial charge in [0, 0.05) is 6.54 Å². The van der Waals surface area contributed by atoms with Crippen LogP contribution in [0.2, 0.25) is 0 Å². The maximum Gasteiger partial charge on any atom is 0.000951 e. The molecule has 2 unspecified atom stereocenters. The summed E-state index contributed by atoms with van der Waals surface area (Å²) in [5, 5.41) is 0. The Morgan fingerprint density at radius 2 is 1.48 bits per heavy atom. The van der Waals surface area contributed by atoms with Gasteiger partial charge in [-0.15, -0.1) is 0 Å². The fraction of sp³-hybridized carbons (Fsp3) is 0.750. The summed E-state index contributed by atoms with van der Waals surface area (Å²) >= 11 is 0. The summed E-state index contributed by atoms with van der Waals surface area (Å²) in [7, 11) is 4.53. The van der Waals surface area contributed by atoms with Crippen molar-refractivity contribution in [3.63, 3.8) is 0 Å². The lowest BCUT2D eigenvalue weighted by Crippen LogP contribution is -2.50. The summed E-state index contributed by atoms with van der Waals surface area (Å²) in [5.41, 5.74) is 2.35. The minimum atomic E-state index is 0.705. The zero-order chi connectivity index (χ0) is 17.0. The minimum absolute atomic E-state index is 0.705. The monoisotopic (exact) mass is 337 g/mol. The van der Waals surface area contributed by atoms with E-state index in [9.17, 15) is 0 Å². The Morgan fingerprint density at radius 3 is 2.04 bits per heavy atom. The summed E-state index contributed by atoms with van der Waals surface area (Å²) in [6.45, 7) is 1.27. The third-order valence-corrected chi connectivity index (χ3v) is 8.45. The fourth-order valence-electron chi connectivity index (χ4n) is 8.25. The van der Waals surface area contributed by atoms with Crippen LogP contribution in [0.15, 0.2) is 30.3 Å². The van der Waals surface area contributed by atoms with E-state index in [1.54, 1.807) is 44.1 Å². The SMILES string of the molecule is CN(C)CC1CCC(C23CC4CC(CC(C4)C2)C3)[C@@H]1c1ccccc1. The molecular weight excluding hydrogens is 302 g/mol. The van der Waals surface area contributed by atoms with Gasteiger partial charge in [0.1, 0.15) is 0 Å². The molecule has 0 saturated heterocycles. The van der Waals surface area contributed by atoms with Gasteiger partial charge in [0.25, 0.3) is 0 Å². The molecule has 5 aliphatic carbocycles. The molecule has 0 aliphatic heterocycles. The van der Waals surface area contributed by atoms with Crippen LogP contribution in [0.1, 0.15) is 62.8 Å². The van der Waals surface area contributed by atoms with E-state index in [1.165, 1.54) is 19.4 Å². The fourth-order valence-corrected chi connectivity index (χ4v) is 8.25. The molecule has 5 fully saturated rings. The summed E-state index contributed by atoms with van der Waals surface area (Å²) in [6, 6.07) is 11.6. The third-order valence-electron chi connectivity index (χ3n) is 8.45. The average Bonchev–Trinajstić information content (AvgIpc) is 2.98. The van der Waals surface area contributed by atoms with Crippen LogP contribution in [0, 0.1) is 35.0 Å². The summed E-state index contributed by atoms with van der Waals surface area (Å²) < 4.78 is 0. The molecule has 5 aliphatic rings. The molecule has 0 radical (unpaired) electrons. The Kier molecular flexibility index (Phi) is 4.00. The molecule has 4 bridgehead atoms. The van der Waals surface area contributed by atoms with Gasteiger partial charge in [0.15, 0.2) is 0 Å². The first kappa shape index (κ1) is 16.4. The molecule has 6 rings (SSSR count). The molecule has 0 amide bonds. The van der Waals surface area contributed by atoms with Crippen LogP contribution in [-0.4, -0.2) is 25.5 Å². The van der Waals surface area contributed by atoms with Crippen molar-refractivity contribution >= 4 is 0 Å². The molecule has 0 N–H and O–H groups in total. The number of hydrogen-bond donors (Lipinski definition) is 0. The van der Waals surface area contributed by atoms with E-state index in [-0.39, 0.29) is 0 Å². The first-order chi connectivity index (χ1) is 12.1. The first-order valence-corrected chi connectivity index (χ1v) is 10.8. The van der Waals surface area contributed by atoms with E-state index in [0.717, 1.165) is 35.5 Å². The van der Waals surface area contributed by atoms with Crippen LogP contribution >= 0.6 is 0 Å². The standard InChI is InChI=1S/C24H35N/c1-25(2)16-21-8-9-22(23(21)20-6-4-3-5-7-20)24-13-17-10-18(14-24)12-19(11-17)15-24/h3-7,17-19,21-23H,8-16H2,1-2H3/t17?,18?,19?,21?,22?,23-,24?/m1/s1. The van der Waals surface area contributed by atoms with E-state index < -0.39 is 0 Å². The van der Waals surface area contributed by atoms with Gasteiger partial charge < -0.3 is 4.90 Å². The van der Waals surface area contributed by atoms with Crippen molar-refractivity contribution < 1.29 is 0 Å². The zero-order valence-electron chi connectivity index (χ0n) is 16.2. The largest absolute Gasteiger partial charge is 0.309 e. The summed E-state index contributed by atoms with van der Waals surface area (Å²) in [4.78, 5) is 2.43. The lowest BCUT2D eigenvalue weighted by Gasteiger charge is -2.60. The average molecular weight is 338 g/mol. The second-order valence-corrected chi connectivity index (χ2v) is 10.4. The van der Waals surface area contributed by atoms with E-state index in [0.29, 0.717) is 5.41 Å². The Hall–Kier alpha value is -0.820. The van der Waals surface area contributed by atoms with Gasteiger partial charge in [-0.1, -0.05) is 30.3 Å². The molecular formula is C24H35N. The predicted octanol–water partition coefficient (Wildman–Crippen LogP) is 5.57. The molecule has 5 saturated carbocycles. The van der Waals surface area contributed by atoms with Crippen molar-refractivity contribution in [1.29, 1.82) is 0 Å². The highest BCUT2D eigenvalue weighted by Crippen LogP contribution is 2.67. The highest BCUT2D eigenvalue weighted by atomic mass is 15.1. The van der Waals surface area contributed by atoms with E-state index >= 15 is 0 Å². The van der Waals surface area contributed by atoms with Crippen molar-refractivity contribution in [2.75, 3.05) is 20.6 Å². The molecule has 1 aromatic rings. The smallest absolute Gasteiger partial charge is 0.000951 e. The molecule has 136 valence electrons. The molecule has 1 aromatic carbocycles. The molecule has 25 heavy (non-hydrogen) atoms. The van der Waals surface area contributed by atoms with Gasteiger partial charge in [-0.2, -0.15) is 0 Å². The third kappa shape index (κ3) is 2.78. The maximum absolute atomic E-state index is 2.44. The maximum atomic E-state index is 2.44. The quantitative estimate of drug-likeness (QED) is 0.694. The van der Waals surface area contributed by atoms with Crippen LogP contribution in [-0.2, 0) is 0 Å². The Bertz CT molecular complexity index is 568. The highest BCUT2D eigenvalue weighted by Gasteiger charge is 2.57. The van der Waals surface area contributed by atoms with Gasteiger partial charge in [0.2, 0.25) is 0 Å². The lowest BCUT2D eigenvalue weighted by atomic mass is 9.45.